The summed E-state index contributed by atoms with van der Waals surface area (Å²) in [4.78, 5) is 15.0. The molecule has 160 valence electrons. The maximum atomic E-state index is 13.1. The Balaban J connectivity index is 0.00000280. The molecule has 1 saturated heterocycles. The first-order chi connectivity index (χ1) is 12.6. The Morgan fingerprint density at radius 2 is 1.89 bits per heavy atom. The van der Waals surface area contributed by atoms with Crippen molar-refractivity contribution in [2.45, 2.75) is 63.3 Å². The van der Waals surface area contributed by atoms with Crippen LogP contribution in [0.2, 0.25) is 0 Å². The average Bonchev–Trinajstić information content (AvgIpc) is 2.81. The van der Waals surface area contributed by atoms with Crippen LogP contribution in [0.5, 0.6) is 0 Å². The van der Waals surface area contributed by atoms with Crippen molar-refractivity contribution in [1.29, 1.82) is 0 Å². The van der Waals surface area contributed by atoms with Gasteiger partial charge in [-0.2, -0.15) is 4.31 Å². The average molecular weight is 435 g/mol. The highest BCUT2D eigenvalue weighted by Gasteiger charge is 2.41. The van der Waals surface area contributed by atoms with Crippen molar-refractivity contribution in [3.05, 3.63) is 11.5 Å². The third-order valence-electron chi connectivity index (χ3n) is 5.88. The predicted octanol–water partition coefficient (Wildman–Crippen LogP) is 1.84. The van der Waals surface area contributed by atoms with E-state index in [1.807, 2.05) is 6.92 Å². The van der Waals surface area contributed by atoms with E-state index in [2.05, 4.69) is 5.16 Å². The molecule has 2 unspecified atom stereocenters. The number of sulfonamides is 1. The molecule has 1 amide bonds. The third kappa shape index (κ3) is 4.37. The molecule has 2 fully saturated rings. The van der Waals surface area contributed by atoms with Gasteiger partial charge in [-0.1, -0.05) is 18.0 Å². The number of rotatable bonds is 3. The summed E-state index contributed by atoms with van der Waals surface area (Å²) in [6.45, 7) is 6.77. The van der Waals surface area contributed by atoms with Crippen molar-refractivity contribution in [3.63, 3.8) is 0 Å². The van der Waals surface area contributed by atoms with E-state index in [0.717, 1.165) is 25.7 Å². The molecule has 0 radical (unpaired) electrons. The predicted molar refractivity (Wildman–Crippen MR) is 108 cm³/mol. The first kappa shape index (κ1) is 23.1. The fraction of sp³-hybridized carbons (Fsp3) is 0.778. The third-order valence-corrected chi connectivity index (χ3v) is 8.03. The summed E-state index contributed by atoms with van der Waals surface area (Å²) in [5.41, 5.74) is 6.28. The molecule has 1 aromatic rings. The molecule has 0 spiro atoms. The lowest BCUT2D eigenvalue weighted by Crippen LogP contribution is -2.54. The highest BCUT2D eigenvalue weighted by atomic mass is 35.5. The molecular formula is C18H31ClN4O4S. The van der Waals surface area contributed by atoms with Crippen LogP contribution in [0.25, 0.3) is 0 Å². The van der Waals surface area contributed by atoms with Crippen LogP contribution >= 0.6 is 12.4 Å². The summed E-state index contributed by atoms with van der Waals surface area (Å²) < 4.78 is 32.5. The van der Waals surface area contributed by atoms with Gasteiger partial charge in [0.2, 0.25) is 15.9 Å². The van der Waals surface area contributed by atoms with E-state index < -0.39 is 15.6 Å². The van der Waals surface area contributed by atoms with Gasteiger partial charge in [-0.25, -0.2) is 8.42 Å². The lowest BCUT2D eigenvalue weighted by atomic mass is 9.74. The zero-order valence-electron chi connectivity index (χ0n) is 16.8. The maximum Gasteiger partial charge on any atom is 0.248 e. The van der Waals surface area contributed by atoms with Gasteiger partial charge in [-0.05, 0) is 40.0 Å². The van der Waals surface area contributed by atoms with Gasteiger partial charge in [-0.3, -0.25) is 4.79 Å². The first-order valence-corrected chi connectivity index (χ1v) is 11.1. The zero-order valence-corrected chi connectivity index (χ0v) is 18.4. The Kier molecular flexibility index (Phi) is 7.17. The van der Waals surface area contributed by atoms with Crippen LogP contribution in [0, 0.1) is 19.8 Å². The zero-order chi connectivity index (χ0) is 19.8. The quantitative estimate of drug-likeness (QED) is 0.777. The van der Waals surface area contributed by atoms with Gasteiger partial charge in [0.05, 0.1) is 5.92 Å². The largest absolute Gasteiger partial charge is 0.360 e. The van der Waals surface area contributed by atoms with Crippen LogP contribution in [-0.2, 0) is 14.8 Å². The van der Waals surface area contributed by atoms with E-state index in [9.17, 15) is 13.2 Å². The molecule has 10 heteroatoms. The maximum absolute atomic E-state index is 13.1. The van der Waals surface area contributed by atoms with Gasteiger partial charge in [0, 0.05) is 31.7 Å². The van der Waals surface area contributed by atoms with Gasteiger partial charge in [-0.15, -0.1) is 12.4 Å². The van der Waals surface area contributed by atoms with Crippen molar-refractivity contribution >= 4 is 28.3 Å². The second-order valence-electron chi connectivity index (χ2n) is 8.04. The lowest BCUT2D eigenvalue weighted by Gasteiger charge is -2.39. The Bertz CT molecular complexity index is 789. The molecule has 0 aromatic carbocycles. The molecule has 1 aliphatic carbocycles. The van der Waals surface area contributed by atoms with Crippen molar-refractivity contribution in [3.8, 4) is 0 Å². The minimum absolute atomic E-state index is 0. The molecule has 2 atom stereocenters. The first-order valence-electron chi connectivity index (χ1n) is 9.65. The van der Waals surface area contributed by atoms with Gasteiger partial charge in [0.1, 0.15) is 10.6 Å². The summed E-state index contributed by atoms with van der Waals surface area (Å²) in [5.74, 6) is 0.180. The molecular weight excluding hydrogens is 404 g/mol. The number of hydrogen-bond donors (Lipinski definition) is 1. The van der Waals surface area contributed by atoms with Crippen molar-refractivity contribution in [2.75, 3.05) is 26.2 Å². The summed E-state index contributed by atoms with van der Waals surface area (Å²) in [6, 6.07) is 0. The lowest BCUT2D eigenvalue weighted by molar-refractivity contribution is -0.138. The number of aromatic nitrogens is 1. The number of carbonyl (C=O) groups excluding carboxylic acids is 1. The monoisotopic (exact) mass is 434 g/mol. The Hall–Kier alpha value is -1.16. The van der Waals surface area contributed by atoms with E-state index in [0.29, 0.717) is 37.5 Å². The smallest absolute Gasteiger partial charge is 0.248 e. The highest BCUT2D eigenvalue weighted by molar-refractivity contribution is 7.89. The number of nitrogens with two attached hydrogens (primary N) is 1. The number of halogens is 1. The van der Waals surface area contributed by atoms with E-state index in [1.54, 1.807) is 18.7 Å². The normalized spacial score (nSPS) is 27.1. The second-order valence-corrected chi connectivity index (χ2v) is 9.92. The van der Waals surface area contributed by atoms with Crippen LogP contribution in [0.4, 0.5) is 0 Å². The van der Waals surface area contributed by atoms with Crippen molar-refractivity contribution < 1.29 is 17.7 Å². The number of aryl methyl sites for hydroxylation is 2. The van der Waals surface area contributed by atoms with Crippen molar-refractivity contribution in [2.24, 2.45) is 11.7 Å². The van der Waals surface area contributed by atoms with Gasteiger partial charge >= 0.3 is 0 Å². The van der Waals surface area contributed by atoms with Crippen LogP contribution in [-0.4, -0.2) is 60.4 Å². The molecule has 1 aromatic heterocycles. The number of nitrogens with zero attached hydrogens (tertiary/aromatic N) is 3. The minimum Gasteiger partial charge on any atom is -0.360 e. The Labute approximate surface area is 173 Å². The molecule has 0 bridgehead atoms. The fourth-order valence-electron chi connectivity index (χ4n) is 4.31. The minimum atomic E-state index is -3.69. The van der Waals surface area contributed by atoms with Crippen molar-refractivity contribution in [1.82, 2.24) is 14.4 Å². The van der Waals surface area contributed by atoms with E-state index >= 15 is 0 Å². The van der Waals surface area contributed by atoms with E-state index in [1.165, 1.54) is 4.31 Å². The summed E-state index contributed by atoms with van der Waals surface area (Å²) >= 11 is 0. The van der Waals surface area contributed by atoms with Crippen LogP contribution in [0.15, 0.2) is 9.42 Å². The topological polar surface area (TPSA) is 110 Å². The fourth-order valence-corrected chi connectivity index (χ4v) is 6.07. The molecule has 28 heavy (non-hydrogen) atoms. The molecule has 2 N–H and O–H groups in total. The van der Waals surface area contributed by atoms with E-state index in [4.69, 9.17) is 10.3 Å². The highest BCUT2D eigenvalue weighted by Crippen LogP contribution is 2.33. The van der Waals surface area contributed by atoms with E-state index in [-0.39, 0.29) is 35.7 Å². The summed E-state index contributed by atoms with van der Waals surface area (Å²) in [6.07, 6.45) is 4.33. The molecule has 1 saturated carbocycles. The number of amides is 1. The van der Waals surface area contributed by atoms with Crippen LogP contribution < -0.4 is 5.73 Å². The summed E-state index contributed by atoms with van der Waals surface area (Å²) in [7, 11) is -3.69. The SMILES string of the molecule is Cc1noc(C)c1S(=O)(=O)N1CCCN(C(=O)C2CCCCC2(C)N)CC1.Cl. The molecule has 2 aliphatic rings. The molecule has 2 heterocycles. The molecule has 3 rings (SSSR count). The molecule has 1 aliphatic heterocycles. The van der Waals surface area contributed by atoms with Gasteiger partial charge in [0.15, 0.2) is 5.76 Å². The van der Waals surface area contributed by atoms with Gasteiger partial charge in [0.25, 0.3) is 0 Å². The van der Waals surface area contributed by atoms with Crippen LogP contribution in [0.1, 0.15) is 50.5 Å². The van der Waals surface area contributed by atoms with Gasteiger partial charge < -0.3 is 15.2 Å². The Morgan fingerprint density at radius 3 is 2.50 bits per heavy atom. The standard InChI is InChI=1S/C18H30N4O4S.ClH/c1-13-16(14(2)26-20-13)27(24,25)22-10-6-9-21(11-12-22)17(23)15-7-4-5-8-18(15,3)19;/h15H,4-12,19H2,1-3H3;1H. The second kappa shape index (κ2) is 8.69. The summed E-state index contributed by atoms with van der Waals surface area (Å²) in [5, 5.41) is 3.76. The number of carbonyl (C=O) groups is 1. The van der Waals surface area contributed by atoms with Crippen LogP contribution in [0.3, 0.4) is 0 Å². The Morgan fingerprint density at radius 1 is 1.18 bits per heavy atom. The molecule has 8 nitrogen and oxygen atoms in total. The number of hydrogen-bond acceptors (Lipinski definition) is 6.